The molecule has 0 radical (unpaired) electrons. The van der Waals surface area contributed by atoms with E-state index in [0.717, 1.165) is 32.1 Å². The monoisotopic (exact) mass is 372 g/mol. The average Bonchev–Trinajstić information content (AvgIpc) is 2.88. The van der Waals surface area contributed by atoms with E-state index in [1.54, 1.807) is 6.92 Å². The lowest BCUT2D eigenvalue weighted by Gasteiger charge is -2.63. The Morgan fingerprint density at radius 2 is 2.00 bits per heavy atom. The third kappa shape index (κ3) is 2.36. The summed E-state index contributed by atoms with van der Waals surface area (Å²) in [6.07, 6.45) is 8.33. The van der Waals surface area contributed by atoms with E-state index in [2.05, 4.69) is 27.7 Å². The van der Waals surface area contributed by atoms with Crippen LogP contribution in [0.4, 0.5) is 0 Å². The predicted octanol–water partition coefficient (Wildman–Crippen LogP) is 4.72. The molecule has 0 bridgehead atoms. The van der Waals surface area contributed by atoms with Crippen LogP contribution >= 0.6 is 0 Å². The molecule has 3 saturated carbocycles. The number of aliphatic hydroxyl groups is 1. The van der Waals surface area contributed by atoms with Crippen molar-refractivity contribution < 1.29 is 14.7 Å². The van der Waals surface area contributed by atoms with Crippen molar-refractivity contribution in [2.24, 2.45) is 40.4 Å². The molecular weight excluding hydrogens is 336 g/mol. The number of carbonyl (C=O) groups excluding carboxylic acids is 2. The first-order valence-electron chi connectivity index (χ1n) is 11.1. The van der Waals surface area contributed by atoms with E-state index in [1.807, 2.05) is 6.08 Å². The maximum absolute atomic E-state index is 12.5. The Bertz CT molecular complexity index is 708. The van der Waals surface area contributed by atoms with Gasteiger partial charge in [-0.05, 0) is 80.1 Å². The summed E-state index contributed by atoms with van der Waals surface area (Å²) < 4.78 is 0. The van der Waals surface area contributed by atoms with Gasteiger partial charge in [0, 0.05) is 11.8 Å². The topological polar surface area (TPSA) is 54.4 Å². The van der Waals surface area contributed by atoms with Crippen molar-refractivity contribution in [3.63, 3.8) is 0 Å². The zero-order valence-corrected chi connectivity index (χ0v) is 17.7. The third-order valence-corrected chi connectivity index (χ3v) is 9.62. The minimum absolute atomic E-state index is 0.0419. The number of fused-ring (bicyclic) bond motifs is 5. The van der Waals surface area contributed by atoms with E-state index in [4.69, 9.17) is 0 Å². The molecule has 0 amide bonds. The highest BCUT2D eigenvalue weighted by Crippen LogP contribution is 2.70. The van der Waals surface area contributed by atoms with Gasteiger partial charge >= 0.3 is 0 Å². The van der Waals surface area contributed by atoms with Crippen molar-refractivity contribution in [1.29, 1.82) is 0 Å². The zero-order chi connectivity index (χ0) is 19.8. The van der Waals surface area contributed by atoms with Gasteiger partial charge in [0.25, 0.3) is 0 Å². The quantitative estimate of drug-likeness (QED) is 0.763. The summed E-state index contributed by atoms with van der Waals surface area (Å²) in [5, 5.41) is 11.4. The maximum atomic E-state index is 12.5. The second kappa shape index (κ2) is 6.02. The minimum Gasteiger partial charge on any atom is -0.382 e. The number of allylic oxidation sites excluding steroid dienone is 1. The van der Waals surface area contributed by atoms with Crippen LogP contribution in [0.15, 0.2) is 11.6 Å². The van der Waals surface area contributed by atoms with Crippen LogP contribution in [0.3, 0.4) is 0 Å². The highest BCUT2D eigenvalue weighted by Gasteiger charge is 2.67. The lowest BCUT2D eigenvalue weighted by Crippen LogP contribution is -2.60. The number of hydrogen-bond donors (Lipinski definition) is 1. The average molecular weight is 373 g/mol. The van der Waals surface area contributed by atoms with Gasteiger partial charge in [0.2, 0.25) is 0 Å². The van der Waals surface area contributed by atoms with Gasteiger partial charge in [-0.25, -0.2) is 0 Å². The number of Topliss-reactive ketones (excluding diaryl/α,β-unsaturated/α-hetero) is 1. The van der Waals surface area contributed by atoms with Crippen molar-refractivity contribution in [2.75, 3.05) is 0 Å². The lowest BCUT2D eigenvalue weighted by molar-refractivity contribution is -0.170. The maximum Gasteiger partial charge on any atom is 0.161 e. The third-order valence-electron chi connectivity index (χ3n) is 9.62. The highest BCUT2D eigenvalue weighted by molar-refractivity contribution is 5.91. The van der Waals surface area contributed by atoms with Crippen LogP contribution in [0.2, 0.25) is 0 Å². The largest absolute Gasteiger partial charge is 0.382 e. The molecule has 0 aromatic heterocycles. The normalized spacial score (nSPS) is 51.9. The van der Waals surface area contributed by atoms with Crippen LogP contribution in [-0.4, -0.2) is 22.3 Å². The molecule has 0 aliphatic heterocycles. The predicted molar refractivity (Wildman–Crippen MR) is 106 cm³/mol. The summed E-state index contributed by atoms with van der Waals surface area (Å²) >= 11 is 0. The molecular formula is C24H36O3. The first kappa shape index (κ1) is 19.4. The fourth-order valence-electron chi connectivity index (χ4n) is 8.37. The smallest absolute Gasteiger partial charge is 0.161 e. The fourth-order valence-corrected chi connectivity index (χ4v) is 8.37. The van der Waals surface area contributed by atoms with Gasteiger partial charge in [0.15, 0.2) is 11.6 Å². The number of rotatable bonds is 2. The molecule has 1 N–H and O–H groups in total. The molecule has 0 heterocycles. The molecule has 4 aliphatic carbocycles. The van der Waals surface area contributed by atoms with Gasteiger partial charge in [0.1, 0.15) is 5.60 Å². The Morgan fingerprint density at radius 1 is 1.30 bits per heavy atom. The van der Waals surface area contributed by atoms with Gasteiger partial charge < -0.3 is 5.11 Å². The van der Waals surface area contributed by atoms with Gasteiger partial charge in [-0.3, -0.25) is 9.59 Å². The van der Waals surface area contributed by atoms with Gasteiger partial charge in [-0.1, -0.05) is 39.7 Å². The molecule has 4 aliphatic rings. The van der Waals surface area contributed by atoms with Crippen molar-refractivity contribution in [2.45, 2.75) is 85.2 Å². The molecule has 3 nitrogen and oxygen atoms in total. The SMILES string of the molecule is CCC1CC2(C)C(CCC2(O)C(C)=O)C2CC(C)C3=CC(=O)CCC3(C)C12. The lowest BCUT2D eigenvalue weighted by atomic mass is 9.42. The van der Waals surface area contributed by atoms with E-state index < -0.39 is 5.60 Å². The summed E-state index contributed by atoms with van der Waals surface area (Å²) in [6.45, 7) is 10.8. The Labute approximate surface area is 164 Å². The summed E-state index contributed by atoms with van der Waals surface area (Å²) in [6, 6.07) is 0. The first-order chi connectivity index (χ1) is 12.6. The molecule has 0 spiro atoms. The van der Waals surface area contributed by atoms with Crippen LogP contribution in [0, 0.1) is 40.4 Å². The van der Waals surface area contributed by atoms with Gasteiger partial charge in [0.05, 0.1) is 0 Å². The second-order valence-corrected chi connectivity index (χ2v) is 10.7. The molecule has 8 unspecified atom stereocenters. The molecule has 4 rings (SSSR count). The molecule has 0 aromatic rings. The Morgan fingerprint density at radius 3 is 2.63 bits per heavy atom. The summed E-state index contributed by atoms with van der Waals surface area (Å²) in [5.41, 5.74) is 0.0399. The van der Waals surface area contributed by atoms with Crippen LogP contribution < -0.4 is 0 Å². The molecule has 0 saturated heterocycles. The Hall–Kier alpha value is -0.960. The second-order valence-electron chi connectivity index (χ2n) is 10.7. The number of carbonyl (C=O) groups is 2. The van der Waals surface area contributed by atoms with Crippen molar-refractivity contribution in [1.82, 2.24) is 0 Å². The first-order valence-corrected chi connectivity index (χ1v) is 11.1. The molecule has 27 heavy (non-hydrogen) atoms. The minimum atomic E-state index is -1.15. The molecule has 3 heteroatoms. The summed E-state index contributed by atoms with van der Waals surface area (Å²) in [5.74, 6) is 2.73. The van der Waals surface area contributed by atoms with Crippen molar-refractivity contribution in [3.8, 4) is 0 Å². The van der Waals surface area contributed by atoms with Crippen LogP contribution in [0.5, 0.6) is 0 Å². The van der Waals surface area contributed by atoms with Crippen LogP contribution in [0.1, 0.15) is 79.6 Å². The number of ketones is 2. The van der Waals surface area contributed by atoms with Crippen molar-refractivity contribution >= 4 is 11.6 Å². The standard InChI is InChI=1S/C24H36O3/c1-6-16-13-23(5)19(8-10-24(23,27)15(3)25)18-11-14(2)20-12-17(26)7-9-22(20,4)21(16)18/h12,14,16,18-19,21,27H,6-11,13H2,1-5H3. The molecule has 8 atom stereocenters. The molecule has 0 aromatic carbocycles. The van der Waals surface area contributed by atoms with E-state index in [0.29, 0.717) is 48.2 Å². The Balaban J connectivity index is 1.81. The summed E-state index contributed by atoms with van der Waals surface area (Å²) in [7, 11) is 0. The van der Waals surface area contributed by atoms with E-state index in [1.165, 1.54) is 5.57 Å². The van der Waals surface area contributed by atoms with Gasteiger partial charge in [-0.2, -0.15) is 0 Å². The van der Waals surface area contributed by atoms with E-state index in [-0.39, 0.29) is 16.6 Å². The highest BCUT2D eigenvalue weighted by atomic mass is 16.3. The fraction of sp³-hybridized carbons (Fsp3) is 0.833. The van der Waals surface area contributed by atoms with E-state index in [9.17, 15) is 14.7 Å². The Kier molecular flexibility index (Phi) is 4.31. The van der Waals surface area contributed by atoms with Crippen LogP contribution in [-0.2, 0) is 9.59 Å². The van der Waals surface area contributed by atoms with Crippen molar-refractivity contribution in [3.05, 3.63) is 11.6 Å². The number of hydrogen-bond acceptors (Lipinski definition) is 3. The molecule has 3 fully saturated rings. The van der Waals surface area contributed by atoms with Gasteiger partial charge in [-0.15, -0.1) is 0 Å². The summed E-state index contributed by atoms with van der Waals surface area (Å²) in [4.78, 5) is 24.6. The van der Waals surface area contributed by atoms with E-state index >= 15 is 0 Å². The molecule has 150 valence electrons. The van der Waals surface area contributed by atoms with Crippen LogP contribution in [0.25, 0.3) is 0 Å². The zero-order valence-electron chi connectivity index (χ0n) is 17.7.